The van der Waals surface area contributed by atoms with Gasteiger partial charge < -0.3 is 78.0 Å². The number of ether oxygens (including phenoxy) is 10. The van der Waals surface area contributed by atoms with E-state index in [4.69, 9.17) is 80.4 Å². The third kappa shape index (κ3) is 33.3. The van der Waals surface area contributed by atoms with E-state index in [2.05, 4.69) is 44.8 Å². The van der Waals surface area contributed by atoms with E-state index in [0.29, 0.717) is 64.4 Å². The van der Waals surface area contributed by atoms with E-state index in [1.54, 1.807) is 0 Å². The molecule has 0 radical (unpaired) electrons. The summed E-state index contributed by atoms with van der Waals surface area (Å²) in [5.41, 5.74) is 8.42. The molecule has 121 heavy (non-hydrogen) atoms. The van der Waals surface area contributed by atoms with Crippen molar-refractivity contribution in [2.75, 3.05) is 75.0 Å². The summed E-state index contributed by atoms with van der Waals surface area (Å²) in [7, 11) is -14.7. The van der Waals surface area contributed by atoms with E-state index in [-0.39, 0.29) is 73.7 Å². The SMILES string of the molecule is C.CC(=O)O.O=S(=O)(O)O[C@@H]1COC(c2ccccc2)O[C@H]1C[S+]1C[C@@H](OCc2ccccc2)[C@H](OCc2ccccc2)[C@H]1COCc1ccccc1.O=S(=O)(O)O[C@H](CO)[C@@H](O)C[S+]1C[C@@H](O)[C@H](O)[C@H]1CO.O=S1(=O)OC[C@@H]2OC(c3ccccc3)OCC2O1.c1ccc(COC[C@H]2SC[C@@H](OCc3ccccc3)[C@@H]2OCc2ccccc2)cc1. The Morgan fingerprint density at radius 2 is 0.950 bits per heavy atom. The first-order valence-electron chi connectivity index (χ1n) is 38.6. The molecular formula is C86H108O29S6+2. The lowest BCUT2D eigenvalue weighted by atomic mass is 10.1. The highest BCUT2D eigenvalue weighted by atomic mass is 32.3. The minimum atomic E-state index is -4.82. The van der Waals surface area contributed by atoms with Crippen molar-refractivity contribution in [3.05, 3.63) is 287 Å². The number of thioether (sulfide) groups is 1. The van der Waals surface area contributed by atoms with Crippen molar-refractivity contribution in [1.29, 1.82) is 0 Å². The van der Waals surface area contributed by atoms with Gasteiger partial charge in [-0.15, -0.1) is 0 Å². The first-order valence-corrected chi connectivity index (χ1v) is 47.0. The molecule has 8 N–H and O–H groups in total. The molecule has 14 rings (SSSR count). The Bertz CT molecular complexity index is 4580. The zero-order valence-corrected chi connectivity index (χ0v) is 70.6. The number of hydrogen-bond acceptors (Lipinski definition) is 27. The van der Waals surface area contributed by atoms with Crippen LogP contribution < -0.4 is 0 Å². The lowest BCUT2D eigenvalue weighted by molar-refractivity contribution is -0.264. The van der Waals surface area contributed by atoms with Crippen LogP contribution in [-0.4, -0.2) is 235 Å². The maximum absolute atomic E-state index is 11.9. The molecule has 6 heterocycles. The Balaban J connectivity index is 0.000000194. The summed E-state index contributed by atoms with van der Waals surface area (Å²) in [5.74, 6) is 1.24. The monoisotopic (exact) mass is 1800 g/mol. The van der Waals surface area contributed by atoms with Gasteiger partial charge in [-0.05, 0) is 33.4 Å². The summed E-state index contributed by atoms with van der Waals surface area (Å²) >= 11 is 1.89. The molecule has 660 valence electrons. The number of carboxylic acid groups (broad SMARTS) is 1. The Labute approximate surface area is 717 Å². The molecule has 6 aliphatic rings. The van der Waals surface area contributed by atoms with Gasteiger partial charge in [0.15, 0.2) is 23.1 Å². The largest absolute Gasteiger partial charge is 0.481 e. The van der Waals surface area contributed by atoms with Gasteiger partial charge in [-0.25, -0.2) is 16.7 Å². The van der Waals surface area contributed by atoms with Gasteiger partial charge in [0.25, 0.3) is 5.97 Å². The van der Waals surface area contributed by atoms with Gasteiger partial charge in [-0.3, -0.25) is 13.9 Å². The average Bonchev–Trinajstić information content (AvgIpc) is 1.78. The highest BCUT2D eigenvalue weighted by molar-refractivity contribution is 8.00. The van der Waals surface area contributed by atoms with Crippen LogP contribution >= 0.6 is 11.8 Å². The van der Waals surface area contributed by atoms with Crippen LogP contribution in [0.2, 0.25) is 0 Å². The van der Waals surface area contributed by atoms with Crippen LogP contribution in [0.5, 0.6) is 0 Å². The minimum Gasteiger partial charge on any atom is -0.481 e. The van der Waals surface area contributed by atoms with Gasteiger partial charge in [0.2, 0.25) is 0 Å². The second-order valence-electron chi connectivity index (χ2n) is 28.3. The molecule has 0 aromatic heterocycles. The van der Waals surface area contributed by atoms with Crippen LogP contribution in [0.25, 0.3) is 0 Å². The molecule has 0 spiro atoms. The van der Waals surface area contributed by atoms with Crippen molar-refractivity contribution in [3.8, 4) is 0 Å². The summed E-state index contributed by atoms with van der Waals surface area (Å²) in [5, 5.41) is 54.0. The maximum Gasteiger partial charge on any atom is 0.400 e. The number of fused-ring (bicyclic) bond motifs is 1. The second kappa shape index (κ2) is 50.4. The molecule has 8 aromatic rings. The maximum atomic E-state index is 11.9. The number of benzene rings is 8. The first-order chi connectivity index (χ1) is 57.9. The molecule has 6 aliphatic heterocycles. The van der Waals surface area contributed by atoms with E-state index in [1.807, 2.05) is 218 Å². The van der Waals surface area contributed by atoms with Gasteiger partial charge >= 0.3 is 31.2 Å². The highest BCUT2D eigenvalue weighted by Crippen LogP contribution is 2.38. The molecule has 29 nitrogen and oxygen atoms in total. The molecule has 0 saturated carbocycles. The minimum absolute atomic E-state index is 0. The van der Waals surface area contributed by atoms with Crippen LogP contribution in [0.4, 0.5) is 0 Å². The lowest BCUT2D eigenvalue weighted by Crippen LogP contribution is -2.49. The Morgan fingerprint density at radius 1 is 0.521 bits per heavy atom. The van der Waals surface area contributed by atoms with E-state index < -0.39 is 139 Å². The van der Waals surface area contributed by atoms with Crippen molar-refractivity contribution in [2.45, 2.75) is 156 Å². The molecule has 8 aromatic carbocycles. The number of carbonyl (C=O) groups is 1. The molecule has 6 fully saturated rings. The third-order valence-electron chi connectivity index (χ3n) is 19.4. The molecule has 19 atom stereocenters. The smallest absolute Gasteiger partial charge is 0.400 e. The summed E-state index contributed by atoms with van der Waals surface area (Å²) in [6.45, 7) is 4.04. The molecule has 0 aliphatic carbocycles. The van der Waals surface area contributed by atoms with Gasteiger partial charge in [-0.1, -0.05) is 250 Å². The Hall–Kier alpha value is -6.71. The standard InChI is InChI=1S/C37H40O9S2.C26H28O3S.C11H12O6S.C9H18O9S2.C2H4O2.CH4/c38-48(39,40)46-32-24-44-37(31-19-11-4-12-20-31)45-33(32)26-47-27-34(42-22-29-15-7-2-8-16-29)36(43-23-30-17-9-3-10-18-30)35(47)25-41-21-28-13-5-1-6-14-28;1-4-10-21(11-5-1)16-27-19-25-26(29-18-23-14-8-3-9-15-23)24(20-30-25)28-17-22-12-6-2-7-13-22;12-18(13)15-7-9-10(17-18)6-14-11(16-9)8-4-2-1-3-5-8;10-1-7(18-20(15,16)17)5(12)3-19-4-6(13)9(14)8(19)2-11;1-2(3)4;/h1-20,32-37H,21-27H2;1-15,24-26H,16-20H2;1-5,9-11H,6-7H2;5-14H,1-4H2;1H3,(H,3,4);1H4/p+2/t32-,33+,34-,35-,36+,37?,47?;24-,25-,26+;9-,10?,11?;5-,6+,7+,8+,9-,19?;;/m1100../s1. The zero-order valence-electron chi connectivity index (χ0n) is 65.7. The van der Waals surface area contributed by atoms with Crippen molar-refractivity contribution >= 4 is 70.7 Å². The molecule has 0 amide bonds. The normalized spacial score (nSPS) is 26.5. The van der Waals surface area contributed by atoms with Crippen LogP contribution in [0, 0.1) is 0 Å². The molecule has 5 unspecified atom stereocenters. The van der Waals surface area contributed by atoms with Gasteiger partial charge in [0.05, 0.1) is 103 Å². The third-order valence-corrected chi connectivity index (χ3v) is 28.2. The Kier molecular flexibility index (Phi) is 40.9. The van der Waals surface area contributed by atoms with Crippen LogP contribution in [0.1, 0.15) is 71.4 Å². The van der Waals surface area contributed by atoms with Crippen LogP contribution in [0.15, 0.2) is 243 Å². The average molecular weight is 1800 g/mol. The number of hydrogen-bond donors (Lipinski definition) is 8. The van der Waals surface area contributed by atoms with Crippen molar-refractivity contribution in [1.82, 2.24) is 0 Å². The first kappa shape index (κ1) is 98.1. The van der Waals surface area contributed by atoms with Gasteiger partial charge in [0.1, 0.15) is 84.1 Å². The summed E-state index contributed by atoms with van der Waals surface area (Å²) < 4.78 is 166. The summed E-state index contributed by atoms with van der Waals surface area (Å²) in [6.07, 6.45) is -9.67. The predicted octanol–water partition coefficient (Wildman–Crippen LogP) is 8.90. The molecular weight excluding hydrogens is 1690 g/mol. The molecule has 35 heteroatoms. The molecule has 0 bridgehead atoms. The fourth-order valence-electron chi connectivity index (χ4n) is 13.5. The number of aliphatic carboxylic acids is 1. The topological polar surface area (TPSA) is 411 Å². The number of aliphatic hydroxyl groups excluding tert-OH is 5. The highest BCUT2D eigenvalue weighted by Gasteiger charge is 2.56. The van der Waals surface area contributed by atoms with Crippen molar-refractivity contribution < 1.29 is 134 Å². The van der Waals surface area contributed by atoms with Crippen LogP contribution in [-0.2, 0) is 162 Å². The fourth-order valence-corrected chi connectivity index (χ4v) is 22.3. The predicted molar refractivity (Wildman–Crippen MR) is 455 cm³/mol. The quantitative estimate of drug-likeness (QED) is 0.0140. The summed E-state index contributed by atoms with van der Waals surface area (Å²) in [4.78, 5) is 9.00. The van der Waals surface area contributed by atoms with Crippen molar-refractivity contribution in [3.63, 3.8) is 0 Å². The fraction of sp³-hybridized carbons (Fsp3) is 0.430. The van der Waals surface area contributed by atoms with E-state index >= 15 is 0 Å². The van der Waals surface area contributed by atoms with E-state index in [1.165, 1.54) is 16.7 Å². The van der Waals surface area contributed by atoms with E-state index in [9.17, 15) is 45.1 Å². The number of aliphatic hydroxyl groups is 5. The Morgan fingerprint density at radius 3 is 1.41 bits per heavy atom. The van der Waals surface area contributed by atoms with E-state index in [0.717, 1.165) is 40.5 Å². The van der Waals surface area contributed by atoms with Crippen LogP contribution in [0.3, 0.4) is 0 Å². The lowest BCUT2D eigenvalue weighted by Gasteiger charge is -2.37. The molecule has 6 saturated heterocycles. The zero-order chi connectivity index (χ0) is 85.3. The second-order valence-corrected chi connectivity index (χ2v) is 37.7. The van der Waals surface area contributed by atoms with Crippen molar-refractivity contribution in [2.24, 2.45) is 0 Å². The number of rotatable bonds is 33. The number of carboxylic acids is 1. The summed E-state index contributed by atoms with van der Waals surface area (Å²) in [6, 6.07) is 79.9. The van der Waals surface area contributed by atoms with Gasteiger partial charge in [0, 0.05) is 45.6 Å². The van der Waals surface area contributed by atoms with Gasteiger partial charge in [-0.2, -0.15) is 37.0 Å².